The number of para-hydroxylation sites is 1. The molecule has 1 aromatic carbocycles. The van der Waals surface area contributed by atoms with Gasteiger partial charge in [-0.1, -0.05) is 30.0 Å². The van der Waals surface area contributed by atoms with Gasteiger partial charge in [0.1, 0.15) is 5.39 Å². The molecule has 1 atom stereocenters. The summed E-state index contributed by atoms with van der Waals surface area (Å²) in [5.74, 6) is 0.614. The molecule has 0 bridgehead atoms. The minimum absolute atomic E-state index is 0.0429. The lowest BCUT2D eigenvalue weighted by molar-refractivity contribution is -0.121. The Morgan fingerprint density at radius 2 is 2.03 bits per heavy atom. The molecule has 2 aliphatic rings. The van der Waals surface area contributed by atoms with E-state index in [1.54, 1.807) is 15.4 Å². The molecule has 9 nitrogen and oxygen atoms in total. The third-order valence-corrected chi connectivity index (χ3v) is 6.74. The van der Waals surface area contributed by atoms with E-state index in [-0.39, 0.29) is 23.9 Å². The van der Waals surface area contributed by atoms with Crippen LogP contribution in [0.2, 0.25) is 0 Å². The topological polar surface area (TPSA) is 94.3 Å². The molecular weight excluding hydrogens is 416 g/mol. The van der Waals surface area contributed by atoms with E-state index in [0.717, 1.165) is 38.5 Å². The van der Waals surface area contributed by atoms with E-state index in [0.29, 0.717) is 28.5 Å². The van der Waals surface area contributed by atoms with Crippen molar-refractivity contribution in [3.63, 3.8) is 0 Å². The molecule has 31 heavy (non-hydrogen) atoms. The second-order valence-electron chi connectivity index (χ2n) is 7.67. The van der Waals surface area contributed by atoms with Crippen LogP contribution in [0.3, 0.4) is 0 Å². The molecular formula is C21H24N6O3S. The van der Waals surface area contributed by atoms with Crippen LogP contribution in [0.5, 0.6) is 0 Å². The number of carbonyl (C=O) groups excluding carboxylic acids is 1. The molecule has 1 fully saturated rings. The number of aromatic nitrogens is 4. The fraction of sp³-hybridized carbons (Fsp3) is 0.429. The summed E-state index contributed by atoms with van der Waals surface area (Å²) in [6.07, 6.45) is 1.83. The largest absolute Gasteiger partial charge is 0.379 e. The zero-order valence-corrected chi connectivity index (χ0v) is 17.9. The Kier molecular flexibility index (Phi) is 5.75. The highest BCUT2D eigenvalue weighted by atomic mass is 32.2. The van der Waals surface area contributed by atoms with Crippen LogP contribution in [-0.4, -0.2) is 75.3 Å². The number of hydrogen-bond acceptors (Lipinski definition) is 7. The van der Waals surface area contributed by atoms with Crippen LogP contribution in [0.25, 0.3) is 16.7 Å². The minimum atomic E-state index is -0.201. The SMILES string of the molecule is O=C(C[C@@H]1CSc2nc3c(cnn3-c3ccccc3)c(=O)n21)NCCN1CCOCC1. The summed E-state index contributed by atoms with van der Waals surface area (Å²) >= 11 is 1.51. The van der Waals surface area contributed by atoms with Crippen molar-refractivity contribution < 1.29 is 9.53 Å². The predicted octanol–water partition coefficient (Wildman–Crippen LogP) is 1.07. The van der Waals surface area contributed by atoms with Gasteiger partial charge in [-0.2, -0.15) is 5.10 Å². The van der Waals surface area contributed by atoms with Crippen molar-refractivity contribution in [3.05, 3.63) is 46.9 Å². The van der Waals surface area contributed by atoms with Gasteiger partial charge in [0.05, 0.1) is 31.1 Å². The second-order valence-corrected chi connectivity index (χ2v) is 8.66. The molecule has 0 radical (unpaired) electrons. The number of hydrogen-bond donors (Lipinski definition) is 1. The first-order valence-corrected chi connectivity index (χ1v) is 11.4. The fourth-order valence-corrected chi connectivity index (χ4v) is 5.13. The number of thioether (sulfide) groups is 1. The maximum Gasteiger partial charge on any atom is 0.265 e. The fourth-order valence-electron chi connectivity index (χ4n) is 4.00. The Bertz CT molecular complexity index is 1140. The average molecular weight is 441 g/mol. The van der Waals surface area contributed by atoms with Crippen LogP contribution in [0.4, 0.5) is 0 Å². The molecule has 4 heterocycles. The number of benzene rings is 1. The van der Waals surface area contributed by atoms with Gasteiger partial charge in [-0.15, -0.1) is 0 Å². The summed E-state index contributed by atoms with van der Waals surface area (Å²) in [5.41, 5.74) is 1.26. The molecule has 2 aromatic heterocycles. The molecule has 0 unspecified atom stereocenters. The maximum absolute atomic E-state index is 13.2. The van der Waals surface area contributed by atoms with Crippen LogP contribution in [0.15, 0.2) is 46.5 Å². The Morgan fingerprint density at radius 1 is 1.23 bits per heavy atom. The third kappa shape index (κ3) is 4.10. The Balaban J connectivity index is 1.30. The zero-order chi connectivity index (χ0) is 21.2. The van der Waals surface area contributed by atoms with Gasteiger partial charge in [-0.25, -0.2) is 9.67 Å². The molecule has 10 heteroatoms. The van der Waals surface area contributed by atoms with Gasteiger partial charge in [-0.3, -0.25) is 19.1 Å². The van der Waals surface area contributed by atoms with Crippen molar-refractivity contribution in [3.8, 4) is 5.69 Å². The molecule has 162 valence electrons. The van der Waals surface area contributed by atoms with Crippen LogP contribution < -0.4 is 10.9 Å². The molecule has 1 saturated heterocycles. The molecule has 5 rings (SSSR count). The van der Waals surface area contributed by atoms with Crippen molar-refractivity contribution in [2.75, 3.05) is 45.1 Å². The first-order chi connectivity index (χ1) is 15.2. The van der Waals surface area contributed by atoms with Gasteiger partial charge in [0.2, 0.25) is 5.91 Å². The van der Waals surface area contributed by atoms with E-state index in [2.05, 4.69) is 15.3 Å². The molecule has 0 aliphatic carbocycles. The summed E-state index contributed by atoms with van der Waals surface area (Å²) in [6, 6.07) is 9.43. The van der Waals surface area contributed by atoms with E-state index in [1.807, 2.05) is 30.3 Å². The first kappa shape index (κ1) is 20.2. The second kappa shape index (κ2) is 8.81. The van der Waals surface area contributed by atoms with E-state index in [9.17, 15) is 9.59 Å². The van der Waals surface area contributed by atoms with E-state index in [4.69, 9.17) is 9.72 Å². The monoisotopic (exact) mass is 440 g/mol. The molecule has 0 saturated carbocycles. The average Bonchev–Trinajstić information content (AvgIpc) is 3.40. The van der Waals surface area contributed by atoms with Gasteiger partial charge in [0.25, 0.3) is 5.56 Å². The summed E-state index contributed by atoms with van der Waals surface area (Å²) in [6.45, 7) is 4.70. The smallest absolute Gasteiger partial charge is 0.265 e. The number of morpholine rings is 1. The number of nitrogens with zero attached hydrogens (tertiary/aromatic N) is 5. The van der Waals surface area contributed by atoms with Gasteiger partial charge in [0.15, 0.2) is 10.8 Å². The number of nitrogens with one attached hydrogen (secondary N) is 1. The number of amides is 1. The Morgan fingerprint density at radius 3 is 2.84 bits per heavy atom. The number of ether oxygens (including phenoxy) is 1. The van der Waals surface area contributed by atoms with Crippen LogP contribution in [0, 0.1) is 0 Å². The van der Waals surface area contributed by atoms with Crippen molar-refractivity contribution in [2.24, 2.45) is 0 Å². The van der Waals surface area contributed by atoms with Crippen LogP contribution in [0.1, 0.15) is 12.5 Å². The highest BCUT2D eigenvalue weighted by Gasteiger charge is 2.29. The van der Waals surface area contributed by atoms with Crippen LogP contribution in [-0.2, 0) is 9.53 Å². The zero-order valence-electron chi connectivity index (χ0n) is 17.1. The van der Waals surface area contributed by atoms with Gasteiger partial charge < -0.3 is 10.1 Å². The van der Waals surface area contributed by atoms with E-state index in [1.165, 1.54) is 11.8 Å². The van der Waals surface area contributed by atoms with E-state index >= 15 is 0 Å². The van der Waals surface area contributed by atoms with Gasteiger partial charge in [0, 0.05) is 38.4 Å². The third-order valence-electron chi connectivity index (χ3n) is 5.65. The van der Waals surface area contributed by atoms with E-state index < -0.39 is 0 Å². The lowest BCUT2D eigenvalue weighted by atomic mass is 10.2. The normalized spacial score (nSPS) is 18.9. The summed E-state index contributed by atoms with van der Waals surface area (Å²) in [5, 5.41) is 8.47. The quantitative estimate of drug-likeness (QED) is 0.573. The van der Waals surface area contributed by atoms with Crippen molar-refractivity contribution in [2.45, 2.75) is 17.6 Å². The lowest BCUT2D eigenvalue weighted by Crippen LogP contribution is -2.41. The molecule has 0 spiro atoms. The Hall–Kier alpha value is -2.69. The number of rotatable bonds is 6. The van der Waals surface area contributed by atoms with Gasteiger partial charge in [-0.05, 0) is 12.1 Å². The van der Waals surface area contributed by atoms with Crippen molar-refractivity contribution in [1.82, 2.24) is 29.5 Å². The molecule has 2 aliphatic heterocycles. The molecule has 1 amide bonds. The summed E-state index contributed by atoms with van der Waals surface area (Å²) < 4.78 is 8.68. The summed E-state index contributed by atoms with van der Waals surface area (Å²) in [4.78, 5) is 32.7. The minimum Gasteiger partial charge on any atom is -0.379 e. The summed E-state index contributed by atoms with van der Waals surface area (Å²) in [7, 11) is 0. The molecule has 3 aromatic rings. The standard InChI is InChI=1S/C21H24N6O3S/c28-18(22-6-7-25-8-10-30-11-9-25)12-16-14-31-21-24-19-17(20(29)26(16)21)13-23-27(19)15-4-2-1-3-5-15/h1-5,13,16H,6-12,14H2,(H,22,28)/t16-/m1/s1. The van der Waals surface area contributed by atoms with Crippen molar-refractivity contribution >= 4 is 28.7 Å². The number of fused-ring (bicyclic) bond motifs is 2. The molecule has 1 N–H and O–H groups in total. The van der Waals surface area contributed by atoms with Crippen LogP contribution >= 0.6 is 11.8 Å². The highest BCUT2D eigenvalue weighted by molar-refractivity contribution is 7.99. The Labute approximate surface area is 183 Å². The van der Waals surface area contributed by atoms with Crippen molar-refractivity contribution in [1.29, 1.82) is 0 Å². The lowest BCUT2D eigenvalue weighted by Gasteiger charge is -2.26. The predicted molar refractivity (Wildman–Crippen MR) is 118 cm³/mol. The first-order valence-electron chi connectivity index (χ1n) is 10.5. The maximum atomic E-state index is 13.2. The number of carbonyl (C=O) groups is 1. The highest BCUT2D eigenvalue weighted by Crippen LogP contribution is 2.33. The van der Waals surface area contributed by atoms with Gasteiger partial charge >= 0.3 is 0 Å².